The fraction of sp³-hybridized carbons (Fsp3) is 0. The van der Waals surface area contributed by atoms with Crippen molar-refractivity contribution in [1.29, 1.82) is 0 Å². The summed E-state index contributed by atoms with van der Waals surface area (Å²) in [7, 11) is 0. The highest BCUT2D eigenvalue weighted by Crippen LogP contribution is 2.33. The van der Waals surface area contributed by atoms with Crippen LogP contribution in [-0.2, 0) is 0 Å². The van der Waals surface area contributed by atoms with E-state index < -0.39 is 0 Å². The summed E-state index contributed by atoms with van der Waals surface area (Å²) in [4.78, 5) is 9.09. The van der Waals surface area contributed by atoms with Crippen LogP contribution in [0.2, 0.25) is 0 Å². The second-order valence-corrected chi connectivity index (χ2v) is 4.76. The molecule has 0 aliphatic heterocycles. The van der Waals surface area contributed by atoms with Gasteiger partial charge in [-0.3, -0.25) is 0 Å². The van der Waals surface area contributed by atoms with Crippen LogP contribution in [-0.4, -0.2) is 9.97 Å². The van der Waals surface area contributed by atoms with Gasteiger partial charge in [-0.05, 0) is 40.2 Å². The predicted molar refractivity (Wildman–Crippen MR) is 64.7 cm³/mol. The van der Waals surface area contributed by atoms with Gasteiger partial charge in [-0.25, -0.2) is 9.97 Å². The second-order valence-electron chi connectivity index (χ2n) is 2.84. The average molecular weight is 282 g/mol. The molecule has 0 saturated carbocycles. The minimum Gasteiger partial charge on any atom is -0.399 e. The van der Waals surface area contributed by atoms with Crippen LogP contribution in [0.25, 0.3) is 0 Å². The van der Waals surface area contributed by atoms with E-state index in [1.807, 2.05) is 24.3 Å². The first-order valence-electron chi connectivity index (χ1n) is 4.24. The summed E-state index contributed by atoms with van der Waals surface area (Å²) in [6.07, 6.45) is 3.26. The van der Waals surface area contributed by atoms with Gasteiger partial charge in [0.25, 0.3) is 0 Å². The lowest BCUT2D eigenvalue weighted by Crippen LogP contribution is -1.85. The van der Waals surface area contributed by atoms with Crippen LogP contribution < -0.4 is 5.73 Å². The maximum atomic E-state index is 5.66. The molecule has 0 aliphatic carbocycles. The standard InChI is InChI=1S/C10H8BrN3S/c11-8-5-7(12)1-2-9(8)15-10-3-4-13-6-14-10/h1-6H,12H2. The van der Waals surface area contributed by atoms with E-state index in [1.165, 1.54) is 6.33 Å². The molecule has 0 radical (unpaired) electrons. The SMILES string of the molecule is Nc1ccc(Sc2ccncn2)c(Br)c1. The number of nitrogen functional groups attached to an aromatic ring is 1. The smallest absolute Gasteiger partial charge is 0.116 e. The summed E-state index contributed by atoms with van der Waals surface area (Å²) in [5, 5.41) is 0.912. The maximum Gasteiger partial charge on any atom is 0.116 e. The number of benzene rings is 1. The molecule has 2 N–H and O–H groups in total. The molecule has 0 bridgehead atoms. The van der Waals surface area contributed by atoms with Gasteiger partial charge in [0.2, 0.25) is 0 Å². The normalized spacial score (nSPS) is 10.2. The van der Waals surface area contributed by atoms with Gasteiger partial charge in [-0.2, -0.15) is 0 Å². The van der Waals surface area contributed by atoms with Gasteiger partial charge in [0.15, 0.2) is 0 Å². The molecule has 0 saturated heterocycles. The van der Waals surface area contributed by atoms with Crippen molar-refractivity contribution < 1.29 is 0 Å². The number of hydrogen-bond donors (Lipinski definition) is 1. The lowest BCUT2D eigenvalue weighted by Gasteiger charge is -2.03. The molecule has 3 nitrogen and oxygen atoms in total. The fourth-order valence-corrected chi connectivity index (χ4v) is 2.44. The first-order valence-corrected chi connectivity index (χ1v) is 5.85. The molecule has 0 atom stereocenters. The van der Waals surface area contributed by atoms with Gasteiger partial charge in [-0.1, -0.05) is 11.8 Å². The van der Waals surface area contributed by atoms with Crippen molar-refractivity contribution in [1.82, 2.24) is 9.97 Å². The zero-order valence-corrected chi connectivity index (χ0v) is 10.1. The number of nitrogens with two attached hydrogens (primary N) is 1. The Bertz CT molecular complexity index is 461. The largest absolute Gasteiger partial charge is 0.399 e. The van der Waals surface area contributed by atoms with E-state index in [9.17, 15) is 0 Å². The third kappa shape index (κ3) is 2.70. The third-order valence-corrected chi connectivity index (χ3v) is 3.67. The van der Waals surface area contributed by atoms with Crippen molar-refractivity contribution in [2.24, 2.45) is 0 Å². The first-order chi connectivity index (χ1) is 7.25. The van der Waals surface area contributed by atoms with Crippen molar-refractivity contribution in [3.63, 3.8) is 0 Å². The van der Waals surface area contributed by atoms with Crippen LogP contribution in [0, 0.1) is 0 Å². The molecule has 0 fully saturated rings. The quantitative estimate of drug-likeness (QED) is 0.679. The monoisotopic (exact) mass is 281 g/mol. The predicted octanol–water partition coefficient (Wildman–Crippen LogP) is 2.97. The van der Waals surface area contributed by atoms with Crippen molar-refractivity contribution >= 4 is 33.4 Å². The van der Waals surface area contributed by atoms with Gasteiger partial charge in [0.1, 0.15) is 11.4 Å². The Labute approximate surface area is 100 Å². The highest BCUT2D eigenvalue weighted by molar-refractivity contribution is 9.10. The zero-order chi connectivity index (χ0) is 10.7. The second kappa shape index (κ2) is 4.63. The fourth-order valence-electron chi connectivity index (χ4n) is 1.05. The maximum absolute atomic E-state index is 5.66. The summed E-state index contributed by atoms with van der Waals surface area (Å²) >= 11 is 5.03. The molecular formula is C10H8BrN3S. The Morgan fingerprint density at radius 1 is 1.27 bits per heavy atom. The molecule has 1 aromatic carbocycles. The number of hydrogen-bond acceptors (Lipinski definition) is 4. The third-order valence-electron chi connectivity index (χ3n) is 1.73. The van der Waals surface area contributed by atoms with E-state index in [1.54, 1.807) is 18.0 Å². The van der Waals surface area contributed by atoms with Crippen LogP contribution >= 0.6 is 27.7 Å². The first kappa shape index (κ1) is 10.4. The highest BCUT2D eigenvalue weighted by Gasteiger charge is 2.03. The highest BCUT2D eigenvalue weighted by atomic mass is 79.9. The minimum absolute atomic E-state index is 0.744. The van der Waals surface area contributed by atoms with Crippen molar-refractivity contribution in [3.05, 3.63) is 41.3 Å². The van der Waals surface area contributed by atoms with Crippen molar-refractivity contribution in [2.45, 2.75) is 9.92 Å². The summed E-state index contributed by atoms with van der Waals surface area (Å²) in [5.41, 5.74) is 6.40. The van der Waals surface area contributed by atoms with Gasteiger partial charge in [0.05, 0.1) is 0 Å². The van der Waals surface area contributed by atoms with Gasteiger partial charge in [0, 0.05) is 21.3 Å². The van der Waals surface area contributed by atoms with Crippen LogP contribution in [0.3, 0.4) is 0 Å². The Balaban J connectivity index is 2.25. The van der Waals surface area contributed by atoms with Crippen molar-refractivity contribution in [3.8, 4) is 0 Å². The van der Waals surface area contributed by atoms with E-state index in [4.69, 9.17) is 5.73 Å². The minimum atomic E-state index is 0.744. The summed E-state index contributed by atoms with van der Waals surface area (Å²) < 4.78 is 0.978. The van der Waals surface area contributed by atoms with Crippen molar-refractivity contribution in [2.75, 3.05) is 5.73 Å². The number of anilines is 1. The molecule has 1 aromatic heterocycles. The van der Waals surface area contributed by atoms with Crippen LogP contribution in [0.4, 0.5) is 5.69 Å². The van der Waals surface area contributed by atoms with E-state index in [0.717, 1.165) is 20.1 Å². The molecule has 76 valence electrons. The molecular weight excluding hydrogens is 274 g/mol. The summed E-state index contributed by atoms with van der Waals surface area (Å²) in [6, 6.07) is 7.58. The van der Waals surface area contributed by atoms with Gasteiger partial charge in [-0.15, -0.1) is 0 Å². The number of aromatic nitrogens is 2. The van der Waals surface area contributed by atoms with E-state index in [2.05, 4.69) is 25.9 Å². The van der Waals surface area contributed by atoms with Gasteiger partial charge < -0.3 is 5.73 Å². The molecule has 1 heterocycles. The molecule has 0 amide bonds. The zero-order valence-electron chi connectivity index (χ0n) is 7.72. The lowest BCUT2D eigenvalue weighted by atomic mass is 10.3. The molecule has 0 aliphatic rings. The molecule has 5 heteroatoms. The van der Waals surface area contributed by atoms with Crippen LogP contribution in [0.5, 0.6) is 0 Å². The van der Waals surface area contributed by atoms with Gasteiger partial charge >= 0.3 is 0 Å². The lowest BCUT2D eigenvalue weighted by molar-refractivity contribution is 1.05. The number of rotatable bonds is 2. The molecule has 0 unspecified atom stereocenters. The van der Waals surface area contributed by atoms with Crippen LogP contribution in [0.1, 0.15) is 0 Å². The Kier molecular flexibility index (Phi) is 3.23. The molecule has 15 heavy (non-hydrogen) atoms. The van der Waals surface area contributed by atoms with E-state index in [-0.39, 0.29) is 0 Å². The molecule has 2 rings (SSSR count). The molecule has 2 aromatic rings. The topological polar surface area (TPSA) is 51.8 Å². The number of nitrogens with zero attached hydrogens (tertiary/aromatic N) is 2. The Hall–Kier alpha value is -1.07. The Morgan fingerprint density at radius 2 is 2.13 bits per heavy atom. The summed E-state index contributed by atoms with van der Waals surface area (Å²) in [6.45, 7) is 0. The van der Waals surface area contributed by atoms with E-state index in [0.29, 0.717) is 0 Å². The molecule has 0 spiro atoms. The van der Waals surface area contributed by atoms with Crippen LogP contribution in [0.15, 0.2) is 51.2 Å². The Morgan fingerprint density at radius 3 is 2.80 bits per heavy atom. The number of halogens is 1. The van der Waals surface area contributed by atoms with E-state index >= 15 is 0 Å². The average Bonchev–Trinajstić information content (AvgIpc) is 2.24. The summed E-state index contributed by atoms with van der Waals surface area (Å²) in [5.74, 6) is 0.